The lowest BCUT2D eigenvalue weighted by atomic mass is 9.84. The Morgan fingerprint density at radius 1 is 0.522 bits per heavy atom. The summed E-state index contributed by atoms with van der Waals surface area (Å²) in [4.78, 5) is 6.53. The SMILES string of the molecule is [C-]#[N+]C(=C(c1ccc(C(C)(C)C)cc1)c1ccc(C(C)(C)C)cc1)c1ccc(N(c2ccccc2)c2ccc(-c3ccc4ccc5c6ccccc6n(-c6ccccc6)c5c4c3)c3nsnc23)cc1. The lowest BCUT2D eigenvalue weighted by Crippen LogP contribution is -2.11. The molecule has 0 atom stereocenters. The van der Waals surface area contributed by atoms with E-state index >= 15 is 0 Å². The summed E-state index contributed by atoms with van der Waals surface area (Å²) in [5.41, 5.74) is 17.1. The molecule has 0 spiro atoms. The van der Waals surface area contributed by atoms with Crippen molar-refractivity contribution in [2.24, 2.45) is 0 Å². The zero-order valence-corrected chi connectivity index (χ0v) is 40.5. The highest BCUT2D eigenvalue weighted by molar-refractivity contribution is 7.00. The normalized spacial score (nSPS) is 11.9. The minimum absolute atomic E-state index is 0.00982. The Morgan fingerprint density at radius 2 is 1.09 bits per heavy atom. The van der Waals surface area contributed by atoms with Gasteiger partial charge in [0.25, 0.3) is 0 Å². The van der Waals surface area contributed by atoms with Crippen molar-refractivity contribution in [2.75, 3.05) is 4.90 Å². The molecule has 0 aliphatic rings. The molecule has 2 heterocycles. The Balaban J connectivity index is 1.03. The molecule has 0 N–H and O–H groups in total. The van der Waals surface area contributed by atoms with Crippen LogP contribution in [0, 0.1) is 6.57 Å². The zero-order chi connectivity index (χ0) is 47.4. The number of aromatic nitrogens is 3. The summed E-state index contributed by atoms with van der Waals surface area (Å²) >= 11 is 1.23. The second-order valence-corrected chi connectivity index (χ2v) is 20.4. The molecule has 0 saturated carbocycles. The van der Waals surface area contributed by atoms with Gasteiger partial charge < -0.3 is 9.47 Å². The topological polar surface area (TPSA) is 38.3 Å². The maximum absolute atomic E-state index is 8.68. The van der Waals surface area contributed by atoms with Crippen LogP contribution in [0.5, 0.6) is 0 Å². The van der Waals surface area contributed by atoms with E-state index in [1.54, 1.807) is 0 Å². The molecule has 0 saturated heterocycles. The van der Waals surface area contributed by atoms with Gasteiger partial charge in [-0.1, -0.05) is 181 Å². The second kappa shape index (κ2) is 17.2. The predicted molar refractivity (Wildman–Crippen MR) is 292 cm³/mol. The monoisotopic (exact) mass is 909 g/mol. The van der Waals surface area contributed by atoms with Gasteiger partial charge in [-0.15, -0.1) is 0 Å². The molecular weight excluding hydrogens is 859 g/mol. The summed E-state index contributed by atoms with van der Waals surface area (Å²) in [6.07, 6.45) is 0. The fraction of sp³-hybridized carbons (Fsp3) is 0.127. The maximum Gasteiger partial charge on any atom is 0.202 e. The van der Waals surface area contributed by atoms with Crippen molar-refractivity contribution in [3.63, 3.8) is 0 Å². The number of benzene rings is 9. The molecular formula is C63H51N5S. The van der Waals surface area contributed by atoms with Crippen LogP contribution in [0.15, 0.2) is 200 Å². The van der Waals surface area contributed by atoms with Crippen molar-refractivity contribution in [3.05, 3.63) is 239 Å². The van der Waals surface area contributed by atoms with Crippen LogP contribution in [0.25, 0.3) is 76.5 Å². The Kier molecular flexibility index (Phi) is 10.8. The minimum atomic E-state index is 0.00982. The summed E-state index contributed by atoms with van der Waals surface area (Å²) in [5, 5.41) is 4.80. The van der Waals surface area contributed by atoms with Gasteiger partial charge in [-0.25, -0.2) is 4.85 Å². The predicted octanol–water partition coefficient (Wildman–Crippen LogP) is 17.5. The molecule has 0 unspecified atom stereocenters. The molecule has 5 nitrogen and oxygen atoms in total. The minimum Gasteiger partial charge on any atom is -0.309 e. The van der Waals surface area contributed by atoms with Gasteiger partial charge in [0, 0.05) is 38.8 Å². The third-order valence-corrected chi connectivity index (χ3v) is 14.0. The number of para-hydroxylation sites is 3. The Morgan fingerprint density at radius 3 is 1.72 bits per heavy atom. The van der Waals surface area contributed by atoms with Gasteiger partial charge in [0.05, 0.1) is 35.0 Å². The highest BCUT2D eigenvalue weighted by Crippen LogP contribution is 2.44. The van der Waals surface area contributed by atoms with E-state index in [2.05, 4.69) is 250 Å². The molecule has 334 valence electrons. The molecule has 0 aliphatic heterocycles. The molecule has 0 aliphatic carbocycles. The number of hydrogen-bond donors (Lipinski definition) is 0. The van der Waals surface area contributed by atoms with E-state index in [1.807, 2.05) is 6.07 Å². The van der Waals surface area contributed by atoms with Crippen molar-refractivity contribution >= 4 is 83.7 Å². The van der Waals surface area contributed by atoms with Crippen molar-refractivity contribution in [2.45, 2.75) is 52.4 Å². The van der Waals surface area contributed by atoms with Crippen LogP contribution in [0.1, 0.15) is 69.4 Å². The lowest BCUT2D eigenvalue weighted by molar-refractivity contribution is 0.590. The van der Waals surface area contributed by atoms with Crippen LogP contribution in [-0.2, 0) is 10.8 Å². The van der Waals surface area contributed by atoms with Crippen molar-refractivity contribution in [1.29, 1.82) is 0 Å². The summed E-state index contributed by atoms with van der Waals surface area (Å²) < 4.78 is 12.4. The van der Waals surface area contributed by atoms with Gasteiger partial charge >= 0.3 is 0 Å². The average Bonchev–Trinajstić information content (AvgIpc) is 4.00. The van der Waals surface area contributed by atoms with Gasteiger partial charge in [0.2, 0.25) is 5.70 Å². The number of nitrogens with zero attached hydrogens (tertiary/aromatic N) is 5. The largest absolute Gasteiger partial charge is 0.309 e. The maximum atomic E-state index is 8.68. The molecule has 69 heavy (non-hydrogen) atoms. The smallest absolute Gasteiger partial charge is 0.202 e. The van der Waals surface area contributed by atoms with Gasteiger partial charge in [-0.3, -0.25) is 0 Å². The summed E-state index contributed by atoms with van der Waals surface area (Å²) in [7, 11) is 0. The van der Waals surface area contributed by atoms with Crippen molar-refractivity contribution in [3.8, 4) is 16.8 Å². The highest BCUT2D eigenvalue weighted by Gasteiger charge is 2.23. The molecule has 0 fully saturated rings. The standard InChI is InChI=1S/C63H51N5S/c1-62(2,3)46-31-24-42(25-32-46)57(43-26-33-47(34-27-43)63(4,5)6)58(64-7)44-28-35-50(36-29-44)67(48-16-10-8-11-17-48)56-39-38-51(59-60(56)66-69-65-59)45-23-22-41-30-37-53-52-20-14-15-21-55(52)68(61(53)54(41)40-45)49-18-12-9-13-19-49/h8-40H,1-6H3. The van der Waals surface area contributed by atoms with E-state index in [4.69, 9.17) is 15.3 Å². The van der Waals surface area contributed by atoms with E-state index < -0.39 is 0 Å². The first-order valence-corrected chi connectivity index (χ1v) is 24.3. The van der Waals surface area contributed by atoms with E-state index in [0.717, 1.165) is 67.2 Å². The fourth-order valence-corrected chi connectivity index (χ4v) is 10.4. The van der Waals surface area contributed by atoms with Gasteiger partial charge in [-0.2, -0.15) is 8.75 Å². The second-order valence-electron chi connectivity index (χ2n) is 19.9. The van der Waals surface area contributed by atoms with E-state index in [9.17, 15) is 0 Å². The van der Waals surface area contributed by atoms with Gasteiger partial charge in [-0.05, 0) is 116 Å². The zero-order valence-electron chi connectivity index (χ0n) is 39.7. The third kappa shape index (κ3) is 7.85. The summed E-state index contributed by atoms with van der Waals surface area (Å²) in [6, 6.07) is 71.3. The molecule has 0 radical (unpaired) electrons. The molecule has 0 bridgehead atoms. The van der Waals surface area contributed by atoms with Gasteiger partial charge in [0.15, 0.2) is 0 Å². The van der Waals surface area contributed by atoms with Crippen LogP contribution < -0.4 is 4.90 Å². The van der Waals surface area contributed by atoms with E-state index in [0.29, 0.717) is 5.70 Å². The fourth-order valence-electron chi connectivity index (χ4n) is 9.81. The number of fused-ring (bicyclic) bond motifs is 6. The van der Waals surface area contributed by atoms with Crippen LogP contribution in [-0.4, -0.2) is 13.3 Å². The number of anilines is 3. The Bertz CT molecular complexity index is 3710. The molecule has 11 rings (SSSR count). The Labute approximate surface area is 408 Å². The molecule has 6 heteroatoms. The quantitative estimate of drug-likeness (QED) is 0.113. The summed E-state index contributed by atoms with van der Waals surface area (Å²) in [6.45, 7) is 22.1. The van der Waals surface area contributed by atoms with Crippen molar-refractivity contribution < 1.29 is 0 Å². The van der Waals surface area contributed by atoms with Crippen LogP contribution in [0.4, 0.5) is 17.1 Å². The number of hydrogen-bond acceptors (Lipinski definition) is 4. The van der Waals surface area contributed by atoms with Crippen LogP contribution in [0.2, 0.25) is 0 Å². The van der Waals surface area contributed by atoms with Gasteiger partial charge in [0.1, 0.15) is 11.0 Å². The van der Waals surface area contributed by atoms with Crippen molar-refractivity contribution in [1.82, 2.24) is 13.3 Å². The van der Waals surface area contributed by atoms with Crippen LogP contribution >= 0.6 is 11.7 Å². The number of rotatable bonds is 8. The molecule has 2 aromatic heterocycles. The third-order valence-electron chi connectivity index (χ3n) is 13.5. The highest BCUT2D eigenvalue weighted by atomic mass is 32.1. The first-order valence-electron chi connectivity index (χ1n) is 23.5. The molecule has 0 amide bonds. The van der Waals surface area contributed by atoms with E-state index in [1.165, 1.54) is 55.4 Å². The Hall–Kier alpha value is -8.11. The lowest BCUT2D eigenvalue weighted by Gasteiger charge is -2.26. The average molecular weight is 910 g/mol. The first kappa shape index (κ1) is 43.5. The summed E-state index contributed by atoms with van der Waals surface area (Å²) in [5.74, 6) is 0. The molecule has 9 aromatic carbocycles. The van der Waals surface area contributed by atoms with E-state index in [-0.39, 0.29) is 10.8 Å². The van der Waals surface area contributed by atoms with Crippen LogP contribution in [0.3, 0.4) is 0 Å². The first-order chi connectivity index (χ1) is 33.5. The molecule has 11 aromatic rings.